The number of rotatable bonds is 7. The number of ketones is 1. The lowest BCUT2D eigenvalue weighted by Gasteiger charge is -2.73. The zero-order chi connectivity index (χ0) is 31.3. The maximum absolute atomic E-state index is 13.2. The third-order valence-electron chi connectivity index (χ3n) is 15.4. The van der Waals surface area contributed by atoms with E-state index in [1.807, 2.05) is 0 Å². The minimum absolute atomic E-state index is 0.0106. The topological polar surface area (TPSA) is 91.7 Å². The molecule has 0 radical (unpaired) electrons. The molecule has 2 N–H and O–H groups in total. The van der Waals surface area contributed by atoms with E-state index in [2.05, 4.69) is 48.1 Å². The average molecular weight is 583 g/mol. The predicted molar refractivity (Wildman–Crippen MR) is 166 cm³/mol. The number of carboxylic acids is 2. The van der Waals surface area contributed by atoms with Crippen LogP contribution in [0.4, 0.5) is 0 Å². The summed E-state index contributed by atoms with van der Waals surface area (Å²) in [5.41, 5.74) is 0.0532. The largest absolute Gasteiger partial charge is 0.481 e. The standard InChI is InChI=1S/C37H58O5/c1-22(2)25-13-17-37(31(41)42)19-18-35(8)26(29(25)37)10-11-28-34(7)15-12-23(20-24(38)21-32(3,4)30(39)40)33(5,6)27(34)14-16-36(28,35)9/h23,25-29H,1,10-21H2,2-9H3,(H,39,40)(H,41,42)/t23-,25+,26-,27+,28-,29-,34+,35-,36-,37+/m1/s1. The first-order valence-electron chi connectivity index (χ1n) is 16.9. The first kappa shape index (κ1) is 31.8. The van der Waals surface area contributed by atoms with E-state index in [0.717, 1.165) is 51.4 Å². The first-order valence-corrected chi connectivity index (χ1v) is 16.9. The zero-order valence-electron chi connectivity index (χ0n) is 27.8. The van der Waals surface area contributed by atoms with Gasteiger partial charge >= 0.3 is 11.9 Å². The maximum Gasteiger partial charge on any atom is 0.309 e. The highest BCUT2D eigenvalue weighted by Gasteiger charge is 2.72. The van der Waals surface area contributed by atoms with Crippen molar-refractivity contribution in [3.8, 4) is 0 Å². The smallest absolute Gasteiger partial charge is 0.309 e. The van der Waals surface area contributed by atoms with Gasteiger partial charge in [-0.2, -0.15) is 0 Å². The molecule has 5 aliphatic carbocycles. The Morgan fingerprint density at radius 2 is 1.48 bits per heavy atom. The van der Waals surface area contributed by atoms with Crippen molar-refractivity contribution < 1.29 is 24.6 Å². The predicted octanol–water partition coefficient (Wildman–Crippen LogP) is 8.80. The van der Waals surface area contributed by atoms with Gasteiger partial charge < -0.3 is 10.2 Å². The summed E-state index contributed by atoms with van der Waals surface area (Å²) in [6.45, 7) is 22.3. The van der Waals surface area contributed by atoms with Gasteiger partial charge in [-0.05, 0) is 142 Å². The van der Waals surface area contributed by atoms with Gasteiger partial charge in [0.2, 0.25) is 0 Å². The normalized spacial score (nSPS) is 46.0. The summed E-state index contributed by atoms with van der Waals surface area (Å²) in [4.78, 5) is 37.8. The van der Waals surface area contributed by atoms with Gasteiger partial charge in [0, 0.05) is 12.8 Å². The van der Waals surface area contributed by atoms with Crippen molar-refractivity contribution in [2.75, 3.05) is 0 Å². The summed E-state index contributed by atoms with van der Waals surface area (Å²) in [7, 11) is 0. The van der Waals surface area contributed by atoms with Crippen LogP contribution >= 0.6 is 0 Å². The van der Waals surface area contributed by atoms with Crippen LogP contribution in [0.5, 0.6) is 0 Å². The fraction of sp³-hybridized carbons (Fsp3) is 0.865. The van der Waals surface area contributed by atoms with Gasteiger partial charge in [0.25, 0.3) is 0 Å². The number of carbonyl (C=O) groups is 3. The lowest BCUT2D eigenvalue weighted by Crippen LogP contribution is -2.66. The molecule has 10 atom stereocenters. The fourth-order valence-corrected chi connectivity index (χ4v) is 12.9. The van der Waals surface area contributed by atoms with Gasteiger partial charge in [-0.15, -0.1) is 0 Å². The molecule has 0 amide bonds. The maximum atomic E-state index is 13.2. The number of allylic oxidation sites excluding steroid dienone is 1. The van der Waals surface area contributed by atoms with Crippen molar-refractivity contribution >= 4 is 17.7 Å². The van der Waals surface area contributed by atoms with E-state index in [9.17, 15) is 24.6 Å². The van der Waals surface area contributed by atoms with E-state index in [-0.39, 0.29) is 45.7 Å². The minimum atomic E-state index is -1.02. The number of carboxylic acid groups (broad SMARTS) is 2. The average Bonchev–Trinajstić information content (AvgIpc) is 3.27. The molecule has 5 nitrogen and oxygen atoms in total. The highest BCUT2D eigenvalue weighted by molar-refractivity contribution is 5.86. The van der Waals surface area contributed by atoms with Crippen LogP contribution in [0.25, 0.3) is 0 Å². The van der Waals surface area contributed by atoms with Crippen LogP contribution < -0.4 is 0 Å². The number of fused-ring (bicyclic) bond motifs is 7. The van der Waals surface area contributed by atoms with Crippen LogP contribution in [0.3, 0.4) is 0 Å². The first-order chi connectivity index (χ1) is 19.3. The van der Waals surface area contributed by atoms with Gasteiger partial charge in [0.05, 0.1) is 10.8 Å². The SMILES string of the molecule is C=C(C)[C@@H]1CC[C@]2(C(=O)O)CC[C@]3(C)[C@H](CC[C@@H]4[C@@]5(C)CC[C@H](CC(=O)CC(C)(C)C(=O)O)C(C)(C)[C@@H]5CC[C@]43C)[C@@H]12. The minimum Gasteiger partial charge on any atom is -0.481 e. The molecule has 5 rings (SSSR count). The van der Waals surface area contributed by atoms with E-state index in [4.69, 9.17) is 0 Å². The van der Waals surface area contributed by atoms with Crippen molar-refractivity contribution in [2.24, 2.45) is 68.0 Å². The molecule has 5 fully saturated rings. The van der Waals surface area contributed by atoms with Crippen molar-refractivity contribution in [3.63, 3.8) is 0 Å². The summed E-state index contributed by atoms with van der Waals surface area (Å²) in [6.07, 6.45) is 10.9. The quantitative estimate of drug-likeness (QED) is 0.293. The van der Waals surface area contributed by atoms with E-state index in [1.165, 1.54) is 18.4 Å². The highest BCUT2D eigenvalue weighted by Crippen LogP contribution is 2.78. The second kappa shape index (κ2) is 9.93. The third kappa shape index (κ3) is 4.24. The number of hydrogen-bond donors (Lipinski definition) is 2. The zero-order valence-corrected chi connectivity index (χ0v) is 27.8. The van der Waals surface area contributed by atoms with Gasteiger partial charge in [-0.3, -0.25) is 14.4 Å². The molecule has 0 aliphatic heterocycles. The molecule has 236 valence electrons. The Balaban J connectivity index is 1.42. The molecule has 0 aromatic rings. The molecule has 0 aromatic heterocycles. The van der Waals surface area contributed by atoms with E-state index in [0.29, 0.717) is 30.1 Å². The molecule has 0 heterocycles. The molecule has 5 saturated carbocycles. The van der Waals surface area contributed by atoms with E-state index in [1.54, 1.807) is 13.8 Å². The van der Waals surface area contributed by atoms with Gasteiger partial charge in [0.15, 0.2) is 0 Å². The summed E-state index contributed by atoms with van der Waals surface area (Å²) >= 11 is 0. The monoisotopic (exact) mass is 582 g/mol. The summed E-state index contributed by atoms with van der Waals surface area (Å²) in [5, 5.41) is 20.2. The van der Waals surface area contributed by atoms with Crippen LogP contribution in [-0.2, 0) is 14.4 Å². The Morgan fingerprint density at radius 1 is 0.810 bits per heavy atom. The molecular formula is C37H58O5. The number of carbonyl (C=O) groups excluding carboxylic acids is 1. The van der Waals surface area contributed by atoms with Crippen LogP contribution in [0.1, 0.15) is 132 Å². The summed E-state index contributed by atoms with van der Waals surface area (Å²) in [5.74, 6) is 0.953. The van der Waals surface area contributed by atoms with Gasteiger partial charge in [-0.25, -0.2) is 0 Å². The van der Waals surface area contributed by atoms with Crippen LogP contribution in [0.2, 0.25) is 0 Å². The Bertz CT molecular complexity index is 1170. The number of aliphatic carboxylic acids is 2. The second-order valence-electron chi connectivity index (χ2n) is 17.8. The van der Waals surface area contributed by atoms with Gasteiger partial charge in [-0.1, -0.05) is 46.8 Å². The molecule has 0 bridgehead atoms. The molecule has 0 saturated heterocycles. The Kier molecular flexibility index (Phi) is 7.51. The third-order valence-corrected chi connectivity index (χ3v) is 15.4. The number of hydrogen-bond acceptors (Lipinski definition) is 3. The van der Waals surface area contributed by atoms with Crippen LogP contribution in [0.15, 0.2) is 12.2 Å². The highest BCUT2D eigenvalue weighted by atomic mass is 16.4. The molecule has 5 aliphatic rings. The van der Waals surface area contributed by atoms with Crippen LogP contribution in [0, 0.1) is 68.0 Å². The summed E-state index contributed by atoms with van der Waals surface area (Å²) < 4.78 is 0. The van der Waals surface area contributed by atoms with E-state index < -0.39 is 22.8 Å². The van der Waals surface area contributed by atoms with E-state index >= 15 is 0 Å². The lowest BCUT2D eigenvalue weighted by atomic mass is 9.32. The fourth-order valence-electron chi connectivity index (χ4n) is 12.9. The lowest BCUT2D eigenvalue weighted by molar-refractivity contribution is -0.243. The second-order valence-corrected chi connectivity index (χ2v) is 17.8. The van der Waals surface area contributed by atoms with Crippen LogP contribution in [-0.4, -0.2) is 27.9 Å². The molecule has 5 heteroatoms. The Labute approximate surface area is 254 Å². The van der Waals surface area contributed by atoms with Gasteiger partial charge in [0.1, 0.15) is 5.78 Å². The number of Topliss-reactive ketones (excluding diaryl/α,β-unsaturated/α-hetero) is 1. The molecular weight excluding hydrogens is 524 g/mol. The van der Waals surface area contributed by atoms with Crippen molar-refractivity contribution in [1.29, 1.82) is 0 Å². The molecule has 0 spiro atoms. The van der Waals surface area contributed by atoms with Crippen molar-refractivity contribution in [1.82, 2.24) is 0 Å². The summed E-state index contributed by atoms with van der Waals surface area (Å²) in [6, 6.07) is 0. The van der Waals surface area contributed by atoms with Crippen molar-refractivity contribution in [3.05, 3.63) is 12.2 Å². The molecule has 0 aromatic carbocycles. The molecule has 0 unspecified atom stereocenters. The van der Waals surface area contributed by atoms with Crippen molar-refractivity contribution in [2.45, 2.75) is 132 Å². The Hall–Kier alpha value is -1.65. The molecule has 42 heavy (non-hydrogen) atoms. The Morgan fingerprint density at radius 3 is 2.07 bits per heavy atom.